The Kier molecular flexibility index (Phi) is 3.57. The Morgan fingerprint density at radius 3 is 2.54 bits per heavy atom. The lowest BCUT2D eigenvalue weighted by Gasteiger charge is -2.33. The number of piperazine rings is 1. The van der Waals surface area contributed by atoms with Crippen molar-refractivity contribution < 1.29 is 4.42 Å². The van der Waals surface area contributed by atoms with Gasteiger partial charge in [-0.05, 0) is 30.9 Å². The van der Waals surface area contributed by atoms with Crippen molar-refractivity contribution in [2.45, 2.75) is 50.4 Å². The average Bonchev–Trinajstić information content (AvgIpc) is 3.02. The Bertz CT molecular complexity index is 729. The highest BCUT2D eigenvalue weighted by atomic mass is 35.5. The van der Waals surface area contributed by atoms with Gasteiger partial charge in [0, 0.05) is 43.8 Å². The minimum atomic E-state index is 0.532. The smallest absolute Gasteiger partial charge is 0.230 e. The van der Waals surface area contributed by atoms with Crippen LogP contribution < -0.4 is 0 Å². The molecular weight excluding hydrogens is 326 g/mol. The quantitative estimate of drug-likeness (QED) is 0.776. The standard InChI is InChI=1S/C17H20ClN5O/c18-15-4-1-11(6-19-15)7-22-8-14-5-13(22)9-23(14)10-16-20-21-17(24-16)12-2-3-12/h1,4,6,12-14H,2-3,5,7-10H2. The SMILES string of the molecule is Clc1ccc(CN2CC3CC2CN3Cc2nnc(C3CC3)o2)cn1. The molecule has 2 bridgehead atoms. The molecule has 2 aromatic heterocycles. The van der Waals surface area contributed by atoms with E-state index in [-0.39, 0.29) is 0 Å². The molecule has 1 aliphatic carbocycles. The minimum Gasteiger partial charge on any atom is -0.424 e. The third-order valence-corrected chi connectivity index (χ3v) is 5.61. The third kappa shape index (κ3) is 2.83. The lowest BCUT2D eigenvalue weighted by Crippen LogP contribution is -2.45. The van der Waals surface area contributed by atoms with Crippen LogP contribution in [0.25, 0.3) is 0 Å². The van der Waals surface area contributed by atoms with Crippen molar-refractivity contribution >= 4 is 11.6 Å². The Labute approximate surface area is 145 Å². The molecular formula is C17H20ClN5O. The Hall–Kier alpha value is -1.50. The van der Waals surface area contributed by atoms with Crippen molar-refractivity contribution in [3.8, 4) is 0 Å². The second-order valence-electron chi connectivity index (χ2n) is 7.20. The normalized spacial score (nSPS) is 27.2. The van der Waals surface area contributed by atoms with E-state index in [1.54, 1.807) is 0 Å². The van der Waals surface area contributed by atoms with E-state index in [0.717, 1.165) is 38.0 Å². The van der Waals surface area contributed by atoms with Gasteiger partial charge in [-0.1, -0.05) is 17.7 Å². The molecule has 6 nitrogen and oxygen atoms in total. The molecule has 0 amide bonds. The molecule has 2 atom stereocenters. The lowest BCUT2D eigenvalue weighted by molar-refractivity contribution is 0.110. The van der Waals surface area contributed by atoms with E-state index in [1.165, 1.54) is 24.8 Å². The number of halogens is 1. The predicted octanol–water partition coefficient (Wildman–Crippen LogP) is 2.45. The zero-order chi connectivity index (χ0) is 16.1. The first-order valence-corrected chi connectivity index (χ1v) is 9.03. The van der Waals surface area contributed by atoms with E-state index in [0.29, 0.717) is 23.2 Å². The highest BCUT2D eigenvalue weighted by molar-refractivity contribution is 6.29. The number of hydrogen-bond donors (Lipinski definition) is 0. The summed E-state index contributed by atoms with van der Waals surface area (Å²) >= 11 is 5.86. The highest BCUT2D eigenvalue weighted by Gasteiger charge is 2.43. The summed E-state index contributed by atoms with van der Waals surface area (Å²) in [6, 6.07) is 5.13. The van der Waals surface area contributed by atoms with Crippen LogP contribution in [0.1, 0.15) is 42.5 Å². The van der Waals surface area contributed by atoms with Gasteiger partial charge in [0.15, 0.2) is 0 Å². The summed E-state index contributed by atoms with van der Waals surface area (Å²) < 4.78 is 5.81. The van der Waals surface area contributed by atoms with Gasteiger partial charge in [0.1, 0.15) is 5.15 Å². The van der Waals surface area contributed by atoms with E-state index in [4.69, 9.17) is 16.0 Å². The lowest BCUT2D eigenvalue weighted by atomic mass is 10.2. The molecule has 4 heterocycles. The Balaban J connectivity index is 1.19. The summed E-state index contributed by atoms with van der Waals surface area (Å²) in [5, 5.41) is 8.97. The fourth-order valence-corrected chi connectivity index (χ4v) is 4.06. The number of fused-ring (bicyclic) bond motifs is 2. The second-order valence-corrected chi connectivity index (χ2v) is 7.59. The molecule has 3 fully saturated rings. The van der Waals surface area contributed by atoms with Gasteiger partial charge in [0.2, 0.25) is 11.8 Å². The van der Waals surface area contributed by atoms with E-state index >= 15 is 0 Å². The first-order chi connectivity index (χ1) is 11.7. The number of rotatable bonds is 5. The third-order valence-electron chi connectivity index (χ3n) is 5.39. The molecule has 24 heavy (non-hydrogen) atoms. The van der Waals surface area contributed by atoms with Crippen LogP contribution in [0, 0.1) is 0 Å². The van der Waals surface area contributed by atoms with Gasteiger partial charge in [-0.25, -0.2) is 4.98 Å². The van der Waals surface area contributed by atoms with Crippen LogP contribution in [0.5, 0.6) is 0 Å². The van der Waals surface area contributed by atoms with Crippen LogP contribution in [0.2, 0.25) is 5.15 Å². The van der Waals surface area contributed by atoms with E-state index in [1.807, 2.05) is 12.3 Å². The average molecular weight is 346 g/mol. The number of pyridine rings is 1. The van der Waals surface area contributed by atoms with Crippen molar-refractivity contribution in [3.63, 3.8) is 0 Å². The summed E-state index contributed by atoms with van der Waals surface area (Å²) in [7, 11) is 0. The van der Waals surface area contributed by atoms with Crippen molar-refractivity contribution in [1.82, 2.24) is 25.0 Å². The second kappa shape index (κ2) is 5.79. The van der Waals surface area contributed by atoms with Gasteiger partial charge in [-0.2, -0.15) is 0 Å². The highest BCUT2D eigenvalue weighted by Crippen LogP contribution is 2.39. The maximum absolute atomic E-state index is 5.86. The van der Waals surface area contributed by atoms with Crippen LogP contribution in [0.4, 0.5) is 0 Å². The molecule has 126 valence electrons. The molecule has 2 aliphatic heterocycles. The fraction of sp³-hybridized carbons (Fsp3) is 0.588. The molecule has 0 aromatic carbocycles. The van der Waals surface area contributed by atoms with Crippen LogP contribution in [-0.2, 0) is 13.1 Å². The summed E-state index contributed by atoms with van der Waals surface area (Å²) in [6.45, 7) is 3.91. The first kappa shape index (κ1) is 14.8. The Morgan fingerprint density at radius 2 is 1.88 bits per heavy atom. The zero-order valence-corrected chi connectivity index (χ0v) is 14.2. The molecule has 2 unspecified atom stereocenters. The number of likely N-dealkylation sites (tertiary alicyclic amines) is 2. The molecule has 2 aromatic rings. The van der Waals surface area contributed by atoms with Gasteiger partial charge in [0.25, 0.3) is 0 Å². The first-order valence-electron chi connectivity index (χ1n) is 8.65. The van der Waals surface area contributed by atoms with Gasteiger partial charge in [0.05, 0.1) is 6.54 Å². The van der Waals surface area contributed by atoms with Crippen molar-refractivity contribution in [2.24, 2.45) is 0 Å². The number of hydrogen-bond acceptors (Lipinski definition) is 6. The molecule has 5 rings (SSSR count). The van der Waals surface area contributed by atoms with Crippen LogP contribution in [0.3, 0.4) is 0 Å². The fourth-order valence-electron chi connectivity index (χ4n) is 3.95. The monoisotopic (exact) mass is 345 g/mol. The minimum absolute atomic E-state index is 0.532. The largest absolute Gasteiger partial charge is 0.424 e. The summed E-state index contributed by atoms with van der Waals surface area (Å²) in [5.74, 6) is 2.15. The van der Waals surface area contributed by atoms with Crippen LogP contribution in [0.15, 0.2) is 22.7 Å². The van der Waals surface area contributed by atoms with Gasteiger partial charge < -0.3 is 4.42 Å². The Morgan fingerprint density at radius 1 is 1.08 bits per heavy atom. The summed E-state index contributed by atoms with van der Waals surface area (Å²) in [4.78, 5) is 9.22. The van der Waals surface area contributed by atoms with Gasteiger partial charge in [-0.3, -0.25) is 9.80 Å². The van der Waals surface area contributed by atoms with E-state index in [2.05, 4.69) is 31.0 Å². The van der Waals surface area contributed by atoms with Crippen molar-refractivity contribution in [1.29, 1.82) is 0 Å². The molecule has 0 spiro atoms. The zero-order valence-electron chi connectivity index (χ0n) is 13.4. The van der Waals surface area contributed by atoms with Crippen molar-refractivity contribution in [3.05, 3.63) is 40.8 Å². The van der Waals surface area contributed by atoms with Gasteiger partial charge in [-0.15, -0.1) is 10.2 Å². The maximum Gasteiger partial charge on any atom is 0.230 e. The molecule has 1 saturated carbocycles. The number of aromatic nitrogens is 3. The topological polar surface area (TPSA) is 58.3 Å². The summed E-state index contributed by atoms with van der Waals surface area (Å²) in [6.07, 6.45) is 5.50. The van der Waals surface area contributed by atoms with E-state index in [9.17, 15) is 0 Å². The van der Waals surface area contributed by atoms with E-state index < -0.39 is 0 Å². The molecule has 0 N–H and O–H groups in total. The molecule has 3 aliphatic rings. The van der Waals surface area contributed by atoms with Crippen LogP contribution in [-0.4, -0.2) is 50.2 Å². The van der Waals surface area contributed by atoms with Gasteiger partial charge >= 0.3 is 0 Å². The molecule has 0 radical (unpaired) electrons. The predicted molar refractivity (Wildman–Crippen MR) is 88.5 cm³/mol. The van der Waals surface area contributed by atoms with Crippen molar-refractivity contribution in [2.75, 3.05) is 13.1 Å². The summed E-state index contributed by atoms with van der Waals surface area (Å²) in [5.41, 5.74) is 1.23. The van der Waals surface area contributed by atoms with Crippen LogP contribution >= 0.6 is 11.6 Å². The maximum atomic E-state index is 5.86. The molecule has 7 heteroatoms. The molecule has 2 saturated heterocycles. The number of nitrogens with zero attached hydrogens (tertiary/aromatic N) is 5.